The standard InChI is InChI=1S/C28H24N2O4/c1-17-6-8-19(9-7-17)26(32)24-25(18-10-12-21(31)13-11-18)30(28(34)27(24)33)15-14-20-16-29-23-5-3-2-4-22(20)23/h2-13,16,25,29,31-32H,14-15H2,1H3/b26-24-. The Bertz CT molecular complexity index is 1420. The molecule has 1 amide bonds. The van der Waals surface area contributed by atoms with E-state index in [2.05, 4.69) is 4.98 Å². The van der Waals surface area contributed by atoms with E-state index in [1.807, 2.05) is 49.5 Å². The third-order valence-corrected chi connectivity index (χ3v) is 6.37. The molecule has 0 aliphatic carbocycles. The highest BCUT2D eigenvalue weighted by molar-refractivity contribution is 6.46. The van der Waals surface area contributed by atoms with Crippen LogP contribution in [0.4, 0.5) is 0 Å². The number of aliphatic hydroxyl groups excluding tert-OH is 1. The number of hydrogen-bond donors (Lipinski definition) is 3. The summed E-state index contributed by atoms with van der Waals surface area (Å²) in [7, 11) is 0. The number of phenolic OH excluding ortho intramolecular Hbond substituents is 1. The topological polar surface area (TPSA) is 93.6 Å². The van der Waals surface area contributed by atoms with Crippen LogP contribution < -0.4 is 0 Å². The minimum Gasteiger partial charge on any atom is -0.508 e. The molecular weight excluding hydrogens is 428 g/mol. The number of aryl methyl sites for hydroxylation is 1. The predicted octanol–water partition coefficient (Wildman–Crippen LogP) is 4.85. The van der Waals surface area contributed by atoms with Crippen LogP contribution in [0.25, 0.3) is 16.7 Å². The zero-order valence-corrected chi connectivity index (χ0v) is 18.7. The molecule has 1 saturated heterocycles. The number of aliphatic hydroxyl groups is 1. The molecule has 6 nitrogen and oxygen atoms in total. The Morgan fingerprint density at radius 2 is 1.68 bits per heavy atom. The van der Waals surface area contributed by atoms with E-state index in [-0.39, 0.29) is 17.1 Å². The summed E-state index contributed by atoms with van der Waals surface area (Å²) in [5, 5.41) is 22.0. The highest BCUT2D eigenvalue weighted by Crippen LogP contribution is 2.40. The molecule has 0 radical (unpaired) electrons. The van der Waals surface area contributed by atoms with Gasteiger partial charge in [-0.25, -0.2) is 0 Å². The first kappa shape index (κ1) is 21.5. The molecule has 0 saturated carbocycles. The van der Waals surface area contributed by atoms with Crippen LogP contribution in [-0.4, -0.2) is 38.3 Å². The van der Waals surface area contributed by atoms with Crippen LogP contribution in [0.1, 0.15) is 28.3 Å². The first-order chi connectivity index (χ1) is 16.4. The number of ketones is 1. The fourth-order valence-corrected chi connectivity index (χ4v) is 4.56. The molecule has 6 heteroatoms. The number of aromatic hydroxyl groups is 1. The Hall–Kier alpha value is -4.32. The van der Waals surface area contributed by atoms with Crippen LogP contribution in [0.2, 0.25) is 0 Å². The summed E-state index contributed by atoms with van der Waals surface area (Å²) >= 11 is 0. The molecule has 3 N–H and O–H groups in total. The van der Waals surface area contributed by atoms with Crippen molar-refractivity contribution in [2.45, 2.75) is 19.4 Å². The van der Waals surface area contributed by atoms with Gasteiger partial charge in [0.25, 0.3) is 11.7 Å². The van der Waals surface area contributed by atoms with E-state index in [1.54, 1.807) is 24.3 Å². The molecule has 4 aromatic rings. The summed E-state index contributed by atoms with van der Waals surface area (Å²) in [6.07, 6.45) is 2.46. The molecule has 0 spiro atoms. The van der Waals surface area contributed by atoms with Gasteiger partial charge in [0.15, 0.2) is 0 Å². The van der Waals surface area contributed by atoms with Crippen LogP contribution >= 0.6 is 0 Å². The number of phenols is 1. The van der Waals surface area contributed by atoms with Gasteiger partial charge in [-0.05, 0) is 42.7 Å². The van der Waals surface area contributed by atoms with E-state index in [1.165, 1.54) is 17.0 Å². The number of fused-ring (bicyclic) bond motifs is 1. The Balaban J connectivity index is 1.56. The highest BCUT2D eigenvalue weighted by Gasteiger charge is 2.45. The molecule has 0 bridgehead atoms. The third kappa shape index (κ3) is 3.73. The minimum atomic E-state index is -0.757. The Labute approximate surface area is 196 Å². The van der Waals surface area contributed by atoms with Crippen molar-refractivity contribution in [3.05, 3.63) is 107 Å². The quantitative estimate of drug-likeness (QED) is 0.229. The summed E-state index contributed by atoms with van der Waals surface area (Å²) in [6, 6.07) is 20.7. The first-order valence-electron chi connectivity index (χ1n) is 11.1. The van der Waals surface area contributed by atoms with Gasteiger partial charge in [-0.15, -0.1) is 0 Å². The number of benzene rings is 3. The van der Waals surface area contributed by atoms with Crippen LogP contribution in [0.15, 0.2) is 84.6 Å². The van der Waals surface area contributed by atoms with Crippen molar-refractivity contribution in [3.63, 3.8) is 0 Å². The number of likely N-dealkylation sites (tertiary alicyclic amines) is 1. The van der Waals surface area contributed by atoms with Gasteiger partial charge >= 0.3 is 0 Å². The van der Waals surface area contributed by atoms with E-state index in [0.29, 0.717) is 24.1 Å². The lowest BCUT2D eigenvalue weighted by molar-refractivity contribution is -0.139. The molecule has 1 aliphatic heterocycles. The van der Waals surface area contributed by atoms with Crippen LogP contribution in [0.3, 0.4) is 0 Å². The molecule has 1 atom stereocenters. The Morgan fingerprint density at radius 3 is 2.41 bits per heavy atom. The van der Waals surface area contributed by atoms with Gasteiger partial charge in [-0.3, -0.25) is 9.59 Å². The number of H-pyrrole nitrogens is 1. The average molecular weight is 453 g/mol. The molecule has 1 unspecified atom stereocenters. The number of rotatable bonds is 5. The maximum atomic E-state index is 13.2. The second-order valence-corrected chi connectivity index (χ2v) is 8.56. The van der Waals surface area contributed by atoms with E-state index < -0.39 is 17.7 Å². The smallest absolute Gasteiger partial charge is 0.295 e. The zero-order valence-electron chi connectivity index (χ0n) is 18.7. The van der Waals surface area contributed by atoms with Crippen molar-refractivity contribution in [2.24, 2.45) is 0 Å². The van der Waals surface area contributed by atoms with Crippen molar-refractivity contribution < 1.29 is 19.8 Å². The molecule has 1 fully saturated rings. The molecular formula is C28H24N2O4. The maximum Gasteiger partial charge on any atom is 0.295 e. The van der Waals surface area contributed by atoms with Gasteiger partial charge in [-0.2, -0.15) is 0 Å². The monoisotopic (exact) mass is 452 g/mol. The summed E-state index contributed by atoms with van der Waals surface area (Å²) in [4.78, 5) is 31.1. The molecule has 170 valence electrons. The predicted molar refractivity (Wildman–Crippen MR) is 130 cm³/mol. The number of aromatic nitrogens is 1. The van der Waals surface area contributed by atoms with Gasteiger partial charge in [0, 0.05) is 29.2 Å². The number of nitrogens with one attached hydrogen (secondary N) is 1. The van der Waals surface area contributed by atoms with Crippen molar-refractivity contribution >= 4 is 28.4 Å². The fourth-order valence-electron chi connectivity index (χ4n) is 4.56. The van der Waals surface area contributed by atoms with Crippen molar-refractivity contribution in [1.29, 1.82) is 0 Å². The van der Waals surface area contributed by atoms with E-state index in [4.69, 9.17) is 0 Å². The van der Waals surface area contributed by atoms with Crippen LogP contribution in [0.5, 0.6) is 5.75 Å². The van der Waals surface area contributed by atoms with Crippen molar-refractivity contribution in [2.75, 3.05) is 6.54 Å². The number of carbonyl (C=O) groups is 2. The summed E-state index contributed by atoms with van der Waals surface area (Å²) in [5.41, 5.74) is 4.24. The Morgan fingerprint density at radius 1 is 0.971 bits per heavy atom. The number of nitrogens with zero attached hydrogens (tertiary/aromatic N) is 1. The number of Topliss-reactive ketones (excluding diaryl/α,β-unsaturated/α-hetero) is 1. The second-order valence-electron chi connectivity index (χ2n) is 8.56. The lowest BCUT2D eigenvalue weighted by Crippen LogP contribution is -2.31. The lowest BCUT2D eigenvalue weighted by atomic mass is 9.95. The molecule has 34 heavy (non-hydrogen) atoms. The van der Waals surface area contributed by atoms with Gasteiger partial charge < -0.3 is 20.1 Å². The minimum absolute atomic E-state index is 0.0541. The van der Waals surface area contributed by atoms with Gasteiger partial charge in [0.05, 0.1) is 11.6 Å². The number of carbonyl (C=O) groups excluding carboxylic acids is 2. The van der Waals surface area contributed by atoms with E-state index in [0.717, 1.165) is 22.0 Å². The summed E-state index contributed by atoms with van der Waals surface area (Å²) < 4.78 is 0. The number of para-hydroxylation sites is 1. The summed E-state index contributed by atoms with van der Waals surface area (Å²) in [6.45, 7) is 2.23. The normalized spacial score (nSPS) is 17.6. The van der Waals surface area contributed by atoms with Gasteiger partial charge in [0.2, 0.25) is 0 Å². The highest BCUT2D eigenvalue weighted by atomic mass is 16.3. The summed E-state index contributed by atoms with van der Waals surface area (Å²) in [5.74, 6) is -1.48. The van der Waals surface area contributed by atoms with Crippen molar-refractivity contribution in [1.82, 2.24) is 9.88 Å². The van der Waals surface area contributed by atoms with E-state index >= 15 is 0 Å². The maximum absolute atomic E-state index is 13.2. The Kier molecular flexibility index (Phi) is 5.42. The average Bonchev–Trinajstić information content (AvgIpc) is 3.37. The molecule has 1 aliphatic rings. The number of aromatic amines is 1. The largest absolute Gasteiger partial charge is 0.508 e. The zero-order chi connectivity index (χ0) is 23.8. The SMILES string of the molecule is Cc1ccc(/C(O)=C2/C(=O)C(=O)N(CCc3c[nH]c4ccccc34)C2c2ccc(O)cc2)cc1. The molecule has 2 heterocycles. The molecule has 3 aromatic carbocycles. The number of hydrogen-bond acceptors (Lipinski definition) is 4. The van der Waals surface area contributed by atoms with Gasteiger partial charge in [0.1, 0.15) is 11.5 Å². The van der Waals surface area contributed by atoms with Gasteiger partial charge in [-0.1, -0.05) is 60.2 Å². The lowest BCUT2D eigenvalue weighted by Gasteiger charge is -2.25. The van der Waals surface area contributed by atoms with Crippen LogP contribution in [-0.2, 0) is 16.0 Å². The third-order valence-electron chi connectivity index (χ3n) is 6.37. The van der Waals surface area contributed by atoms with E-state index in [9.17, 15) is 19.8 Å². The fraction of sp³-hybridized carbons (Fsp3) is 0.143. The molecule has 1 aromatic heterocycles. The van der Waals surface area contributed by atoms with Crippen LogP contribution in [0, 0.1) is 6.92 Å². The first-order valence-corrected chi connectivity index (χ1v) is 11.1. The number of amides is 1. The van der Waals surface area contributed by atoms with Crippen molar-refractivity contribution in [3.8, 4) is 5.75 Å². The second kappa shape index (κ2) is 8.56. The molecule has 5 rings (SSSR count).